The molecule has 0 fully saturated rings. The molecule has 12 heavy (non-hydrogen) atoms. The molecule has 2 rings (SSSR count). The van der Waals surface area contributed by atoms with Gasteiger partial charge in [0.05, 0.1) is 6.61 Å². The summed E-state index contributed by atoms with van der Waals surface area (Å²) >= 11 is 0. The van der Waals surface area contributed by atoms with Crippen LogP contribution in [0.25, 0.3) is 0 Å². The fourth-order valence-electron chi connectivity index (χ4n) is 1.99. The fraction of sp³-hybridized carbons (Fsp3) is 0.636. The molecule has 0 N–H and O–H groups in total. The first-order chi connectivity index (χ1) is 5.67. The summed E-state index contributed by atoms with van der Waals surface area (Å²) in [7, 11) is 0. The third-order valence-corrected chi connectivity index (χ3v) is 2.64. The Morgan fingerprint density at radius 1 is 1.42 bits per heavy atom. The fourth-order valence-corrected chi connectivity index (χ4v) is 1.99. The smallest absolute Gasteiger partial charge is 0.118 e. The van der Waals surface area contributed by atoms with Crippen molar-refractivity contribution in [2.45, 2.75) is 33.1 Å². The summed E-state index contributed by atoms with van der Waals surface area (Å²) in [5, 5.41) is 0. The summed E-state index contributed by atoms with van der Waals surface area (Å²) in [6.45, 7) is 5.54. The standard InChI is InChI=1S/C11H16O/c1-11(2)6-3-4-10-9(8-11)5-7-12-10/h3-4H,5-8H2,1-2H3. The van der Waals surface area contributed by atoms with Gasteiger partial charge in [0.15, 0.2) is 0 Å². The summed E-state index contributed by atoms with van der Waals surface area (Å²) in [5.41, 5.74) is 1.95. The molecule has 0 aromatic heterocycles. The second kappa shape index (κ2) is 2.65. The van der Waals surface area contributed by atoms with Gasteiger partial charge in [0.25, 0.3) is 0 Å². The van der Waals surface area contributed by atoms with Gasteiger partial charge in [-0.1, -0.05) is 19.9 Å². The van der Waals surface area contributed by atoms with Gasteiger partial charge in [-0.05, 0) is 29.9 Å². The van der Waals surface area contributed by atoms with Crippen molar-refractivity contribution >= 4 is 0 Å². The summed E-state index contributed by atoms with van der Waals surface area (Å²) in [6.07, 6.45) is 7.91. The van der Waals surface area contributed by atoms with E-state index in [1.165, 1.54) is 18.4 Å². The summed E-state index contributed by atoms with van der Waals surface area (Å²) in [6, 6.07) is 0. The largest absolute Gasteiger partial charge is 0.493 e. The maximum atomic E-state index is 5.52. The molecule has 1 heterocycles. The zero-order valence-electron chi connectivity index (χ0n) is 7.89. The van der Waals surface area contributed by atoms with Crippen molar-refractivity contribution in [3.8, 4) is 0 Å². The molecule has 0 atom stereocenters. The third-order valence-electron chi connectivity index (χ3n) is 2.64. The lowest BCUT2D eigenvalue weighted by atomic mass is 9.83. The van der Waals surface area contributed by atoms with Crippen LogP contribution in [-0.2, 0) is 4.74 Å². The minimum Gasteiger partial charge on any atom is -0.493 e. The van der Waals surface area contributed by atoms with Crippen molar-refractivity contribution in [2.24, 2.45) is 5.41 Å². The van der Waals surface area contributed by atoms with E-state index in [1.807, 2.05) is 0 Å². The van der Waals surface area contributed by atoms with Gasteiger partial charge in [0.2, 0.25) is 0 Å². The molecule has 1 aliphatic carbocycles. The molecule has 0 saturated carbocycles. The van der Waals surface area contributed by atoms with Crippen LogP contribution in [0.1, 0.15) is 33.1 Å². The molecule has 0 spiro atoms. The van der Waals surface area contributed by atoms with Gasteiger partial charge >= 0.3 is 0 Å². The summed E-state index contributed by atoms with van der Waals surface area (Å²) in [5.74, 6) is 1.15. The molecule has 0 unspecified atom stereocenters. The van der Waals surface area contributed by atoms with E-state index in [9.17, 15) is 0 Å². The SMILES string of the molecule is CC1(C)CC=CC2=C(CCO2)C1. The molecule has 2 aliphatic rings. The zero-order valence-corrected chi connectivity index (χ0v) is 7.89. The van der Waals surface area contributed by atoms with Gasteiger partial charge in [0.1, 0.15) is 5.76 Å². The van der Waals surface area contributed by atoms with E-state index in [0.717, 1.165) is 18.8 Å². The van der Waals surface area contributed by atoms with Gasteiger partial charge in [-0.25, -0.2) is 0 Å². The van der Waals surface area contributed by atoms with E-state index < -0.39 is 0 Å². The highest BCUT2D eigenvalue weighted by atomic mass is 16.5. The monoisotopic (exact) mass is 164 g/mol. The Morgan fingerprint density at radius 2 is 2.25 bits per heavy atom. The predicted molar refractivity (Wildman–Crippen MR) is 49.8 cm³/mol. The Hall–Kier alpha value is -0.720. The maximum absolute atomic E-state index is 5.52. The van der Waals surface area contributed by atoms with E-state index in [0.29, 0.717) is 5.41 Å². The van der Waals surface area contributed by atoms with Crippen LogP contribution in [0.15, 0.2) is 23.5 Å². The molecular weight excluding hydrogens is 148 g/mol. The van der Waals surface area contributed by atoms with Crippen LogP contribution in [0, 0.1) is 5.41 Å². The zero-order chi connectivity index (χ0) is 8.60. The van der Waals surface area contributed by atoms with Gasteiger partial charge in [-0.2, -0.15) is 0 Å². The molecule has 1 heteroatoms. The average Bonchev–Trinajstić information content (AvgIpc) is 2.31. The van der Waals surface area contributed by atoms with Crippen LogP contribution < -0.4 is 0 Å². The highest BCUT2D eigenvalue weighted by Gasteiger charge is 2.25. The van der Waals surface area contributed by atoms with Crippen LogP contribution in [-0.4, -0.2) is 6.61 Å². The topological polar surface area (TPSA) is 9.23 Å². The highest BCUT2D eigenvalue weighted by Crippen LogP contribution is 2.37. The van der Waals surface area contributed by atoms with Gasteiger partial charge < -0.3 is 4.74 Å². The lowest BCUT2D eigenvalue weighted by molar-refractivity contribution is 0.257. The minimum atomic E-state index is 0.432. The Kier molecular flexibility index (Phi) is 1.75. The summed E-state index contributed by atoms with van der Waals surface area (Å²) < 4.78 is 5.52. The van der Waals surface area contributed by atoms with Crippen LogP contribution in [0.4, 0.5) is 0 Å². The third kappa shape index (κ3) is 1.40. The molecule has 0 radical (unpaired) electrons. The molecule has 0 amide bonds. The maximum Gasteiger partial charge on any atom is 0.118 e. The Bertz CT molecular complexity index is 246. The van der Waals surface area contributed by atoms with Crippen LogP contribution in [0.2, 0.25) is 0 Å². The van der Waals surface area contributed by atoms with Crippen LogP contribution >= 0.6 is 0 Å². The Morgan fingerprint density at radius 3 is 3.08 bits per heavy atom. The Labute approximate surface area is 74.1 Å². The second-order valence-corrected chi connectivity index (χ2v) is 4.51. The van der Waals surface area contributed by atoms with Crippen molar-refractivity contribution in [3.05, 3.63) is 23.5 Å². The van der Waals surface area contributed by atoms with E-state index in [1.54, 1.807) is 0 Å². The first kappa shape index (κ1) is 7.90. The number of ether oxygens (including phenoxy) is 1. The molecule has 1 aliphatic heterocycles. The average molecular weight is 164 g/mol. The molecular formula is C11H16O. The number of hydrogen-bond acceptors (Lipinski definition) is 1. The molecule has 0 aromatic rings. The molecule has 1 nitrogen and oxygen atoms in total. The number of rotatable bonds is 0. The first-order valence-electron chi connectivity index (χ1n) is 4.69. The predicted octanol–water partition coefficient (Wildman–Crippen LogP) is 3.04. The molecule has 0 aromatic carbocycles. The molecule has 66 valence electrons. The normalized spacial score (nSPS) is 26.5. The van der Waals surface area contributed by atoms with Gasteiger partial charge in [0, 0.05) is 6.42 Å². The van der Waals surface area contributed by atoms with Gasteiger partial charge in [-0.3, -0.25) is 0 Å². The summed E-state index contributed by atoms with van der Waals surface area (Å²) in [4.78, 5) is 0. The Balaban J connectivity index is 2.25. The highest BCUT2D eigenvalue weighted by molar-refractivity contribution is 5.26. The second-order valence-electron chi connectivity index (χ2n) is 4.51. The lowest BCUT2D eigenvalue weighted by Crippen LogP contribution is -2.09. The first-order valence-corrected chi connectivity index (χ1v) is 4.69. The minimum absolute atomic E-state index is 0.432. The number of allylic oxidation sites excluding steroid dienone is 2. The van der Waals surface area contributed by atoms with Crippen molar-refractivity contribution in [2.75, 3.05) is 6.61 Å². The van der Waals surface area contributed by atoms with E-state index in [2.05, 4.69) is 26.0 Å². The van der Waals surface area contributed by atoms with Gasteiger partial charge in [-0.15, -0.1) is 0 Å². The van der Waals surface area contributed by atoms with E-state index in [-0.39, 0.29) is 0 Å². The van der Waals surface area contributed by atoms with Crippen molar-refractivity contribution in [1.29, 1.82) is 0 Å². The van der Waals surface area contributed by atoms with Crippen molar-refractivity contribution in [3.63, 3.8) is 0 Å². The van der Waals surface area contributed by atoms with Crippen molar-refractivity contribution < 1.29 is 4.74 Å². The van der Waals surface area contributed by atoms with E-state index in [4.69, 9.17) is 4.74 Å². The molecule has 0 saturated heterocycles. The molecule has 0 bridgehead atoms. The van der Waals surface area contributed by atoms with E-state index >= 15 is 0 Å². The van der Waals surface area contributed by atoms with Crippen LogP contribution in [0.5, 0.6) is 0 Å². The lowest BCUT2D eigenvalue weighted by Gasteiger charge is -2.21. The van der Waals surface area contributed by atoms with Crippen LogP contribution in [0.3, 0.4) is 0 Å². The van der Waals surface area contributed by atoms with Crippen molar-refractivity contribution in [1.82, 2.24) is 0 Å². The number of hydrogen-bond donors (Lipinski definition) is 0. The quantitative estimate of drug-likeness (QED) is 0.534.